The molecule has 1 aromatic heterocycles. The third kappa shape index (κ3) is 5.01. The number of benzene rings is 2. The van der Waals surface area contributed by atoms with E-state index in [0.29, 0.717) is 24.4 Å². The van der Waals surface area contributed by atoms with Gasteiger partial charge in [-0.25, -0.2) is 0 Å². The van der Waals surface area contributed by atoms with Crippen LogP contribution >= 0.6 is 0 Å². The predicted octanol–water partition coefficient (Wildman–Crippen LogP) is 3.99. The molecule has 1 heterocycles. The first kappa shape index (κ1) is 19.2. The van der Waals surface area contributed by atoms with Crippen molar-refractivity contribution >= 4 is 17.5 Å². The van der Waals surface area contributed by atoms with Gasteiger partial charge in [0.05, 0.1) is 12.8 Å². The highest BCUT2D eigenvalue weighted by molar-refractivity contribution is 6.02. The minimum Gasteiger partial charge on any atom is -0.492 e. The van der Waals surface area contributed by atoms with Crippen LogP contribution in [-0.2, 0) is 0 Å². The molecule has 6 nitrogen and oxygen atoms in total. The van der Waals surface area contributed by atoms with Gasteiger partial charge in [-0.1, -0.05) is 17.7 Å². The summed E-state index contributed by atoms with van der Waals surface area (Å²) in [6.45, 7) is 2.89. The largest absolute Gasteiger partial charge is 0.492 e. The Balaban J connectivity index is 1.50. The Morgan fingerprint density at radius 3 is 2.39 bits per heavy atom. The Morgan fingerprint density at radius 1 is 1.04 bits per heavy atom. The van der Waals surface area contributed by atoms with E-state index in [9.17, 15) is 9.59 Å². The predicted molar refractivity (Wildman–Crippen MR) is 107 cm³/mol. The Kier molecular flexibility index (Phi) is 6.11. The Morgan fingerprint density at radius 2 is 1.75 bits per heavy atom. The van der Waals surface area contributed by atoms with Crippen LogP contribution in [0, 0.1) is 6.92 Å². The maximum absolute atomic E-state index is 12.5. The Hall–Kier alpha value is -3.54. The number of rotatable bonds is 7. The van der Waals surface area contributed by atoms with E-state index >= 15 is 0 Å². The van der Waals surface area contributed by atoms with Gasteiger partial charge in [0.1, 0.15) is 12.4 Å². The van der Waals surface area contributed by atoms with Crippen molar-refractivity contribution in [3.8, 4) is 5.75 Å². The second-order valence-corrected chi connectivity index (χ2v) is 6.40. The van der Waals surface area contributed by atoms with Crippen LogP contribution in [0.25, 0.3) is 0 Å². The normalized spacial score (nSPS) is 10.4. The van der Waals surface area contributed by atoms with Crippen molar-refractivity contribution in [1.82, 2.24) is 4.90 Å². The molecule has 28 heavy (non-hydrogen) atoms. The highest BCUT2D eigenvalue weighted by Gasteiger charge is 2.13. The minimum atomic E-state index is -0.338. The molecule has 0 unspecified atom stereocenters. The molecule has 0 spiro atoms. The molecular formula is C22H22N2O4. The summed E-state index contributed by atoms with van der Waals surface area (Å²) in [6, 6.07) is 17.7. The molecule has 0 radical (unpaired) electrons. The third-order valence-electron chi connectivity index (χ3n) is 4.20. The molecular weight excluding hydrogens is 356 g/mol. The molecule has 3 aromatic rings. The van der Waals surface area contributed by atoms with Crippen molar-refractivity contribution in [2.24, 2.45) is 0 Å². The zero-order chi connectivity index (χ0) is 19.9. The van der Waals surface area contributed by atoms with Crippen molar-refractivity contribution in [2.45, 2.75) is 6.92 Å². The van der Waals surface area contributed by atoms with Gasteiger partial charge in [0, 0.05) is 18.3 Å². The first-order valence-electron chi connectivity index (χ1n) is 8.93. The summed E-state index contributed by atoms with van der Waals surface area (Å²) in [5.74, 6) is 0.558. The fraction of sp³-hybridized carbons (Fsp3) is 0.182. The summed E-state index contributed by atoms with van der Waals surface area (Å²) < 4.78 is 10.7. The number of nitrogens with one attached hydrogen (secondary N) is 1. The topological polar surface area (TPSA) is 71.8 Å². The number of amides is 2. The molecule has 6 heteroatoms. The number of furan rings is 1. The first-order chi connectivity index (χ1) is 13.5. The van der Waals surface area contributed by atoms with Crippen LogP contribution in [0.15, 0.2) is 71.3 Å². The zero-order valence-corrected chi connectivity index (χ0v) is 15.8. The number of hydrogen-bond donors (Lipinski definition) is 1. The van der Waals surface area contributed by atoms with E-state index in [0.717, 1.165) is 5.75 Å². The van der Waals surface area contributed by atoms with Crippen molar-refractivity contribution < 1.29 is 18.7 Å². The van der Waals surface area contributed by atoms with E-state index in [4.69, 9.17) is 9.15 Å². The lowest BCUT2D eigenvalue weighted by Crippen LogP contribution is -2.30. The van der Waals surface area contributed by atoms with Crippen LogP contribution in [0.5, 0.6) is 5.75 Å². The van der Waals surface area contributed by atoms with E-state index in [1.165, 1.54) is 11.8 Å². The average Bonchev–Trinajstić information content (AvgIpc) is 3.24. The van der Waals surface area contributed by atoms with Crippen molar-refractivity contribution in [3.63, 3.8) is 0 Å². The lowest BCUT2D eigenvalue weighted by atomic mass is 10.2. The van der Waals surface area contributed by atoms with Gasteiger partial charge in [-0.15, -0.1) is 0 Å². The zero-order valence-electron chi connectivity index (χ0n) is 15.8. The van der Waals surface area contributed by atoms with E-state index in [-0.39, 0.29) is 17.6 Å². The summed E-state index contributed by atoms with van der Waals surface area (Å²) in [5.41, 5.74) is 2.29. The lowest BCUT2D eigenvalue weighted by Gasteiger charge is -2.18. The molecule has 144 valence electrons. The smallest absolute Gasteiger partial charge is 0.291 e. The van der Waals surface area contributed by atoms with Crippen molar-refractivity contribution in [1.29, 1.82) is 0 Å². The monoisotopic (exact) mass is 378 g/mol. The standard InChI is InChI=1S/C22H22N2O4/c1-16-5-11-19(12-6-16)27-15-13-24(2)22(26)17-7-9-18(10-8-17)23-21(25)20-4-3-14-28-20/h3-12,14H,13,15H2,1-2H3,(H,23,25). The SMILES string of the molecule is Cc1ccc(OCCN(C)C(=O)c2ccc(NC(=O)c3ccco3)cc2)cc1. The number of anilines is 1. The second-order valence-electron chi connectivity index (χ2n) is 6.40. The molecule has 2 amide bonds. The molecule has 3 rings (SSSR count). The third-order valence-corrected chi connectivity index (χ3v) is 4.20. The first-order valence-corrected chi connectivity index (χ1v) is 8.93. The maximum atomic E-state index is 12.5. The fourth-order valence-corrected chi connectivity index (χ4v) is 2.55. The number of nitrogens with zero attached hydrogens (tertiary/aromatic N) is 1. The molecule has 0 saturated carbocycles. The Labute approximate surface area is 163 Å². The summed E-state index contributed by atoms with van der Waals surface area (Å²) in [6.07, 6.45) is 1.44. The van der Waals surface area contributed by atoms with Gasteiger partial charge in [0.15, 0.2) is 5.76 Å². The molecule has 2 aromatic carbocycles. The van der Waals surface area contributed by atoms with Crippen LogP contribution in [-0.4, -0.2) is 36.9 Å². The fourth-order valence-electron chi connectivity index (χ4n) is 2.55. The maximum Gasteiger partial charge on any atom is 0.291 e. The molecule has 0 aliphatic heterocycles. The van der Waals surface area contributed by atoms with E-state index < -0.39 is 0 Å². The van der Waals surface area contributed by atoms with Crippen molar-refractivity contribution in [3.05, 3.63) is 83.8 Å². The number of carbonyl (C=O) groups is 2. The average molecular weight is 378 g/mol. The molecule has 0 fully saturated rings. The van der Waals surface area contributed by atoms with Gasteiger partial charge in [-0.2, -0.15) is 0 Å². The van der Waals surface area contributed by atoms with Crippen LogP contribution in [0.2, 0.25) is 0 Å². The van der Waals surface area contributed by atoms with Gasteiger partial charge >= 0.3 is 0 Å². The van der Waals surface area contributed by atoms with Gasteiger partial charge in [-0.05, 0) is 55.5 Å². The summed E-state index contributed by atoms with van der Waals surface area (Å²) >= 11 is 0. The summed E-state index contributed by atoms with van der Waals surface area (Å²) in [7, 11) is 1.73. The number of aryl methyl sites for hydroxylation is 1. The summed E-state index contributed by atoms with van der Waals surface area (Å²) in [4.78, 5) is 26.1. The summed E-state index contributed by atoms with van der Waals surface area (Å²) in [5, 5.41) is 2.72. The molecule has 0 bridgehead atoms. The highest BCUT2D eigenvalue weighted by atomic mass is 16.5. The number of ether oxygens (including phenoxy) is 1. The number of likely N-dealkylation sites (N-methyl/N-ethyl adjacent to an activating group) is 1. The molecule has 0 aliphatic rings. The van der Waals surface area contributed by atoms with E-state index in [1.807, 2.05) is 31.2 Å². The van der Waals surface area contributed by atoms with Crippen molar-refractivity contribution in [2.75, 3.05) is 25.5 Å². The quantitative estimate of drug-likeness (QED) is 0.675. The minimum absolute atomic E-state index is 0.114. The van der Waals surface area contributed by atoms with Crippen LogP contribution in [0.4, 0.5) is 5.69 Å². The number of carbonyl (C=O) groups excluding carboxylic acids is 2. The van der Waals surface area contributed by atoms with Gasteiger partial charge in [0.2, 0.25) is 0 Å². The van der Waals surface area contributed by atoms with Crippen LogP contribution < -0.4 is 10.1 Å². The number of hydrogen-bond acceptors (Lipinski definition) is 4. The van der Waals surface area contributed by atoms with E-state index in [2.05, 4.69) is 5.32 Å². The van der Waals surface area contributed by atoms with Crippen LogP contribution in [0.3, 0.4) is 0 Å². The second kappa shape index (κ2) is 8.90. The van der Waals surface area contributed by atoms with Gasteiger partial charge < -0.3 is 19.4 Å². The lowest BCUT2D eigenvalue weighted by molar-refractivity contribution is 0.0773. The Bertz CT molecular complexity index is 916. The van der Waals surface area contributed by atoms with Gasteiger partial charge in [0.25, 0.3) is 11.8 Å². The highest BCUT2D eigenvalue weighted by Crippen LogP contribution is 2.14. The van der Waals surface area contributed by atoms with Gasteiger partial charge in [-0.3, -0.25) is 9.59 Å². The molecule has 0 aliphatic carbocycles. The van der Waals surface area contributed by atoms with Crippen LogP contribution in [0.1, 0.15) is 26.5 Å². The molecule has 1 N–H and O–H groups in total. The molecule has 0 saturated heterocycles. The van der Waals surface area contributed by atoms with E-state index in [1.54, 1.807) is 48.3 Å². The molecule has 0 atom stereocenters.